The molecule has 27 heavy (non-hydrogen) atoms. The normalized spacial score (nSPS) is 11.7. The second-order valence-corrected chi connectivity index (χ2v) is 6.76. The van der Waals surface area contributed by atoms with Crippen molar-refractivity contribution < 1.29 is 4.74 Å². The Morgan fingerprint density at radius 1 is 1.19 bits per heavy atom. The summed E-state index contributed by atoms with van der Waals surface area (Å²) in [6.45, 7) is 2.38. The molecule has 0 amide bonds. The number of hydrogen-bond donors (Lipinski definition) is 0. The number of methoxy groups -OCH3 is 1. The predicted octanol–water partition coefficient (Wildman–Crippen LogP) is 1.75. The van der Waals surface area contributed by atoms with Crippen LogP contribution in [0, 0.1) is 6.92 Å². The maximum Gasteiger partial charge on any atom is 0.332 e. The van der Waals surface area contributed by atoms with Crippen molar-refractivity contribution in [1.29, 1.82) is 0 Å². The highest BCUT2D eigenvalue weighted by molar-refractivity contribution is 6.30. The molecule has 3 heterocycles. The molecule has 0 aliphatic carbocycles. The standard InChI is InChI=1S/C18H18ClN5O3/c1-11-10-23-14-15(21(2)18(26)22(16(14)25)8-9-27-3)20-17(23)24(11)13-6-4-12(19)5-7-13/h4-7,10H,8-9H2,1-3H3. The van der Waals surface area contributed by atoms with Crippen molar-refractivity contribution in [1.82, 2.24) is 23.1 Å². The summed E-state index contributed by atoms with van der Waals surface area (Å²) in [5, 5.41) is 0.636. The van der Waals surface area contributed by atoms with Crippen molar-refractivity contribution in [3.05, 3.63) is 62.0 Å². The van der Waals surface area contributed by atoms with E-state index in [0.29, 0.717) is 22.0 Å². The summed E-state index contributed by atoms with van der Waals surface area (Å²) in [4.78, 5) is 30.1. The van der Waals surface area contributed by atoms with Crippen molar-refractivity contribution >= 4 is 28.5 Å². The summed E-state index contributed by atoms with van der Waals surface area (Å²) in [6.07, 6.45) is 1.84. The fraction of sp³-hybridized carbons (Fsp3) is 0.278. The molecule has 4 aromatic rings. The summed E-state index contributed by atoms with van der Waals surface area (Å²) in [6, 6.07) is 7.35. The first kappa shape index (κ1) is 17.6. The lowest BCUT2D eigenvalue weighted by atomic mass is 10.3. The van der Waals surface area contributed by atoms with Gasteiger partial charge in [0.05, 0.1) is 13.2 Å². The van der Waals surface area contributed by atoms with Gasteiger partial charge in [-0.05, 0) is 31.2 Å². The zero-order chi connectivity index (χ0) is 19.3. The van der Waals surface area contributed by atoms with Crippen molar-refractivity contribution in [3.63, 3.8) is 0 Å². The monoisotopic (exact) mass is 387 g/mol. The van der Waals surface area contributed by atoms with E-state index in [0.717, 1.165) is 11.4 Å². The van der Waals surface area contributed by atoms with Crippen LogP contribution in [0.25, 0.3) is 22.6 Å². The molecule has 0 unspecified atom stereocenters. The van der Waals surface area contributed by atoms with Gasteiger partial charge in [0.25, 0.3) is 5.56 Å². The van der Waals surface area contributed by atoms with Crippen molar-refractivity contribution in [2.24, 2.45) is 7.05 Å². The van der Waals surface area contributed by atoms with Crippen LogP contribution in [0.2, 0.25) is 5.02 Å². The number of benzene rings is 1. The average Bonchev–Trinajstić information content (AvgIpc) is 3.15. The largest absolute Gasteiger partial charge is 0.383 e. The van der Waals surface area contributed by atoms with Crippen LogP contribution in [-0.4, -0.2) is 36.8 Å². The molecule has 8 nitrogen and oxygen atoms in total. The van der Waals surface area contributed by atoms with Gasteiger partial charge in [-0.1, -0.05) is 11.6 Å². The van der Waals surface area contributed by atoms with E-state index in [1.807, 2.05) is 29.8 Å². The second-order valence-electron chi connectivity index (χ2n) is 6.33. The van der Waals surface area contributed by atoms with Crippen LogP contribution in [0.15, 0.2) is 40.1 Å². The van der Waals surface area contributed by atoms with Crippen LogP contribution in [0.4, 0.5) is 0 Å². The van der Waals surface area contributed by atoms with E-state index in [1.54, 1.807) is 23.6 Å². The first-order valence-corrected chi connectivity index (χ1v) is 8.76. The van der Waals surface area contributed by atoms with Crippen LogP contribution in [-0.2, 0) is 18.3 Å². The van der Waals surface area contributed by atoms with E-state index in [1.165, 1.54) is 16.2 Å². The Labute approximate surface area is 158 Å². The first-order chi connectivity index (χ1) is 12.9. The fourth-order valence-electron chi connectivity index (χ4n) is 3.30. The lowest BCUT2D eigenvalue weighted by molar-refractivity contribution is 0.184. The van der Waals surface area contributed by atoms with Gasteiger partial charge in [0, 0.05) is 36.8 Å². The number of imidazole rings is 2. The minimum absolute atomic E-state index is 0.183. The Kier molecular flexibility index (Phi) is 4.16. The Hall–Kier alpha value is -2.84. The van der Waals surface area contributed by atoms with Gasteiger partial charge in [0.1, 0.15) is 0 Å². The van der Waals surface area contributed by atoms with Gasteiger partial charge in [-0.25, -0.2) is 4.79 Å². The zero-order valence-corrected chi connectivity index (χ0v) is 15.9. The lowest BCUT2D eigenvalue weighted by Crippen LogP contribution is -2.40. The molecule has 0 bridgehead atoms. The molecule has 0 saturated heterocycles. The van der Waals surface area contributed by atoms with E-state index < -0.39 is 5.69 Å². The summed E-state index contributed by atoms with van der Waals surface area (Å²) < 4.78 is 11.2. The number of fused-ring (bicyclic) bond motifs is 3. The van der Waals surface area contributed by atoms with Gasteiger partial charge >= 0.3 is 5.69 Å². The minimum Gasteiger partial charge on any atom is -0.383 e. The van der Waals surface area contributed by atoms with Crippen LogP contribution >= 0.6 is 11.6 Å². The Morgan fingerprint density at radius 3 is 2.56 bits per heavy atom. The molecule has 1 aromatic carbocycles. The average molecular weight is 388 g/mol. The van der Waals surface area contributed by atoms with Gasteiger partial charge in [0.2, 0.25) is 5.78 Å². The van der Waals surface area contributed by atoms with Gasteiger partial charge in [-0.3, -0.25) is 22.9 Å². The second kappa shape index (κ2) is 6.40. The molecule has 0 aliphatic heterocycles. The fourth-order valence-corrected chi connectivity index (χ4v) is 3.43. The molecule has 0 fully saturated rings. The quantitative estimate of drug-likeness (QED) is 0.534. The van der Waals surface area contributed by atoms with Crippen LogP contribution in [0.3, 0.4) is 0 Å². The third-order valence-electron chi connectivity index (χ3n) is 4.63. The van der Waals surface area contributed by atoms with Crippen LogP contribution in [0.1, 0.15) is 5.69 Å². The smallest absolute Gasteiger partial charge is 0.332 e. The molecule has 0 radical (unpaired) electrons. The highest BCUT2D eigenvalue weighted by Crippen LogP contribution is 2.22. The van der Waals surface area contributed by atoms with Crippen molar-refractivity contribution in [2.75, 3.05) is 13.7 Å². The Bertz CT molecular complexity index is 1280. The third-order valence-corrected chi connectivity index (χ3v) is 4.88. The van der Waals surface area contributed by atoms with Crippen LogP contribution < -0.4 is 11.2 Å². The number of rotatable bonds is 4. The summed E-state index contributed by atoms with van der Waals surface area (Å²) in [5.74, 6) is 0.557. The van der Waals surface area contributed by atoms with E-state index in [-0.39, 0.29) is 18.7 Å². The minimum atomic E-state index is -0.417. The van der Waals surface area contributed by atoms with Gasteiger partial charge in [-0.15, -0.1) is 0 Å². The molecule has 0 aliphatic rings. The number of aryl methyl sites for hydroxylation is 2. The van der Waals surface area contributed by atoms with Crippen molar-refractivity contribution in [2.45, 2.75) is 13.5 Å². The SMILES string of the molecule is COCCn1c(=O)c2c(nc3n(-c4ccc(Cl)cc4)c(C)cn23)n(C)c1=O. The molecule has 0 saturated carbocycles. The number of hydrogen-bond acceptors (Lipinski definition) is 4. The van der Waals surface area contributed by atoms with E-state index in [2.05, 4.69) is 4.98 Å². The molecule has 4 rings (SSSR count). The predicted molar refractivity (Wildman–Crippen MR) is 103 cm³/mol. The molecule has 140 valence electrons. The molecule has 0 spiro atoms. The Balaban J connectivity index is 2.07. The van der Waals surface area contributed by atoms with Crippen molar-refractivity contribution in [3.8, 4) is 5.69 Å². The van der Waals surface area contributed by atoms with Crippen LogP contribution in [0.5, 0.6) is 0 Å². The highest BCUT2D eigenvalue weighted by atomic mass is 35.5. The third kappa shape index (κ3) is 2.60. The zero-order valence-electron chi connectivity index (χ0n) is 15.1. The molecule has 0 atom stereocenters. The molecular formula is C18H18ClN5O3. The van der Waals surface area contributed by atoms with E-state index >= 15 is 0 Å². The maximum absolute atomic E-state index is 13.0. The summed E-state index contributed by atoms with van der Waals surface area (Å²) in [7, 11) is 3.14. The molecular weight excluding hydrogens is 370 g/mol. The molecule has 0 N–H and O–H groups in total. The van der Waals surface area contributed by atoms with E-state index in [4.69, 9.17) is 16.3 Å². The highest BCUT2D eigenvalue weighted by Gasteiger charge is 2.20. The first-order valence-electron chi connectivity index (χ1n) is 8.39. The summed E-state index contributed by atoms with van der Waals surface area (Å²) >= 11 is 5.99. The van der Waals surface area contributed by atoms with Gasteiger partial charge in [-0.2, -0.15) is 4.98 Å². The number of halogens is 1. The Morgan fingerprint density at radius 2 is 1.89 bits per heavy atom. The van der Waals surface area contributed by atoms with Gasteiger partial charge < -0.3 is 4.74 Å². The molecule has 9 heteroatoms. The number of nitrogens with zero attached hydrogens (tertiary/aromatic N) is 5. The topological polar surface area (TPSA) is 75.5 Å². The number of aromatic nitrogens is 5. The maximum atomic E-state index is 13.0. The summed E-state index contributed by atoms with van der Waals surface area (Å²) in [5.41, 5.74) is 1.67. The van der Waals surface area contributed by atoms with E-state index in [9.17, 15) is 9.59 Å². The number of ether oxygens (including phenoxy) is 1. The lowest BCUT2D eigenvalue weighted by Gasteiger charge is -2.07. The molecule has 3 aromatic heterocycles. The van der Waals surface area contributed by atoms with Gasteiger partial charge in [0.15, 0.2) is 11.2 Å².